The summed E-state index contributed by atoms with van der Waals surface area (Å²) in [5.74, 6) is 0.634. The molecule has 2 aromatic rings. The van der Waals surface area contributed by atoms with E-state index < -0.39 is 5.60 Å². The maximum atomic E-state index is 12.2. The fourth-order valence-electron chi connectivity index (χ4n) is 3.03. The maximum Gasteiger partial charge on any atom is 0.338 e. The van der Waals surface area contributed by atoms with Crippen molar-refractivity contribution in [1.82, 2.24) is 0 Å². The number of phenols is 1. The van der Waals surface area contributed by atoms with E-state index in [2.05, 4.69) is 15.9 Å². The summed E-state index contributed by atoms with van der Waals surface area (Å²) in [6.07, 6.45) is 2.05. The van der Waals surface area contributed by atoms with Gasteiger partial charge in [-0.15, -0.1) is 0 Å². The minimum Gasteiger partial charge on any atom is -0.507 e. The first-order chi connectivity index (χ1) is 15.0. The van der Waals surface area contributed by atoms with Crippen LogP contribution in [0.2, 0.25) is 0 Å². The van der Waals surface area contributed by atoms with Gasteiger partial charge in [0.25, 0.3) is 0 Å². The highest BCUT2D eigenvalue weighted by molar-refractivity contribution is 9.10. The minimum absolute atomic E-state index is 0.00195. The van der Waals surface area contributed by atoms with Gasteiger partial charge in [0.15, 0.2) is 5.78 Å². The van der Waals surface area contributed by atoms with Crippen LogP contribution in [0, 0.1) is 0 Å². The van der Waals surface area contributed by atoms with E-state index in [0.29, 0.717) is 58.7 Å². The summed E-state index contributed by atoms with van der Waals surface area (Å²) in [5.41, 5.74) is 0.851. The molecule has 0 radical (unpaired) electrons. The Morgan fingerprint density at radius 2 is 1.66 bits per heavy atom. The van der Waals surface area contributed by atoms with Gasteiger partial charge in [-0.25, -0.2) is 4.79 Å². The molecule has 6 nitrogen and oxygen atoms in total. The molecule has 0 aromatic heterocycles. The lowest BCUT2D eigenvalue weighted by Gasteiger charge is -2.19. The summed E-state index contributed by atoms with van der Waals surface area (Å²) in [4.78, 5) is 23.8. The van der Waals surface area contributed by atoms with Gasteiger partial charge in [0, 0.05) is 12.0 Å². The number of ketones is 1. The van der Waals surface area contributed by atoms with Gasteiger partial charge in [0.1, 0.15) is 22.8 Å². The van der Waals surface area contributed by atoms with Gasteiger partial charge in [0.05, 0.1) is 28.8 Å². The molecule has 0 heterocycles. The van der Waals surface area contributed by atoms with Crippen LogP contribution in [0.15, 0.2) is 34.8 Å². The predicted molar refractivity (Wildman–Crippen MR) is 127 cm³/mol. The number of halogens is 1. The predicted octanol–water partition coefficient (Wildman–Crippen LogP) is 6.11. The highest BCUT2D eigenvalue weighted by Gasteiger charge is 2.19. The van der Waals surface area contributed by atoms with Gasteiger partial charge in [-0.05, 0) is 80.4 Å². The summed E-state index contributed by atoms with van der Waals surface area (Å²) in [5, 5.41) is 10.4. The average Bonchev–Trinajstić information content (AvgIpc) is 2.69. The Bertz CT molecular complexity index is 962. The molecule has 0 atom stereocenters. The average molecular weight is 507 g/mol. The number of Topliss-reactive ketones (excluding diaryl/α,β-unsaturated/α-hetero) is 1. The monoisotopic (exact) mass is 506 g/mol. The molecule has 2 aromatic carbocycles. The fourth-order valence-corrected chi connectivity index (χ4v) is 3.53. The van der Waals surface area contributed by atoms with Crippen molar-refractivity contribution in [2.75, 3.05) is 13.2 Å². The van der Waals surface area contributed by atoms with E-state index in [1.807, 2.05) is 27.7 Å². The van der Waals surface area contributed by atoms with Gasteiger partial charge in [-0.1, -0.05) is 13.3 Å². The molecular weight excluding hydrogens is 476 g/mol. The van der Waals surface area contributed by atoms with Gasteiger partial charge >= 0.3 is 5.97 Å². The molecule has 0 aliphatic rings. The number of ether oxygens (including phenoxy) is 3. The fraction of sp³-hybridized carbons (Fsp3) is 0.440. The summed E-state index contributed by atoms with van der Waals surface area (Å²) in [6, 6.07) is 8.39. The van der Waals surface area contributed by atoms with Crippen LogP contribution in [-0.4, -0.2) is 35.7 Å². The molecule has 0 spiro atoms. The largest absolute Gasteiger partial charge is 0.507 e. The smallest absolute Gasteiger partial charge is 0.338 e. The van der Waals surface area contributed by atoms with Crippen LogP contribution in [0.3, 0.4) is 0 Å². The summed E-state index contributed by atoms with van der Waals surface area (Å²) >= 11 is 3.43. The Balaban J connectivity index is 1.91. The Hall–Kier alpha value is -2.54. The third kappa shape index (κ3) is 7.26. The van der Waals surface area contributed by atoms with E-state index in [-0.39, 0.29) is 17.5 Å². The number of rotatable bonds is 10. The van der Waals surface area contributed by atoms with Crippen molar-refractivity contribution in [2.24, 2.45) is 0 Å². The van der Waals surface area contributed by atoms with E-state index in [1.165, 1.54) is 6.92 Å². The second-order valence-electron chi connectivity index (χ2n) is 8.44. The number of hydrogen-bond acceptors (Lipinski definition) is 6. The molecule has 174 valence electrons. The highest BCUT2D eigenvalue weighted by atomic mass is 79.9. The van der Waals surface area contributed by atoms with Crippen LogP contribution < -0.4 is 9.47 Å². The van der Waals surface area contributed by atoms with Gasteiger partial charge < -0.3 is 19.3 Å². The standard InChI is InChI=1S/C25H31BrO6/c1-6-8-19-21(12-10-18(16(2)27)23(19)28)30-13-7-14-31-22-11-9-17(15-20(22)26)24(29)32-25(3,4)5/h9-12,15,28H,6-8,13-14H2,1-5H3. The molecule has 0 saturated carbocycles. The van der Waals surface area contributed by atoms with Crippen LogP contribution in [0.4, 0.5) is 0 Å². The lowest BCUT2D eigenvalue weighted by atomic mass is 10.0. The Morgan fingerprint density at radius 3 is 2.22 bits per heavy atom. The van der Waals surface area contributed by atoms with Crippen molar-refractivity contribution in [3.05, 3.63) is 51.5 Å². The van der Waals surface area contributed by atoms with E-state index in [1.54, 1.807) is 30.3 Å². The molecule has 0 bridgehead atoms. The molecule has 2 rings (SSSR count). The number of esters is 1. The Kier molecular flexibility index (Phi) is 9.13. The van der Waals surface area contributed by atoms with Crippen molar-refractivity contribution in [2.45, 2.75) is 59.5 Å². The number of carbonyl (C=O) groups excluding carboxylic acids is 2. The zero-order chi connectivity index (χ0) is 23.9. The van der Waals surface area contributed by atoms with Gasteiger partial charge in [-0.3, -0.25) is 4.79 Å². The number of aromatic hydroxyl groups is 1. The van der Waals surface area contributed by atoms with Crippen LogP contribution in [0.25, 0.3) is 0 Å². The third-order valence-electron chi connectivity index (χ3n) is 4.49. The highest BCUT2D eigenvalue weighted by Crippen LogP contribution is 2.33. The number of carbonyl (C=O) groups is 2. The van der Waals surface area contributed by atoms with Crippen molar-refractivity contribution < 1.29 is 28.9 Å². The summed E-state index contributed by atoms with van der Waals surface area (Å²) in [7, 11) is 0. The lowest BCUT2D eigenvalue weighted by Crippen LogP contribution is -2.23. The Labute approximate surface area is 198 Å². The molecule has 0 aliphatic carbocycles. The van der Waals surface area contributed by atoms with E-state index in [0.717, 1.165) is 6.42 Å². The second-order valence-corrected chi connectivity index (χ2v) is 9.30. The molecular formula is C25H31BrO6. The van der Waals surface area contributed by atoms with Crippen molar-refractivity contribution in [1.29, 1.82) is 0 Å². The molecule has 7 heteroatoms. The Morgan fingerprint density at radius 1 is 1.03 bits per heavy atom. The normalized spacial score (nSPS) is 11.2. The van der Waals surface area contributed by atoms with E-state index in [4.69, 9.17) is 14.2 Å². The molecule has 0 saturated heterocycles. The quantitative estimate of drug-likeness (QED) is 0.237. The van der Waals surface area contributed by atoms with Crippen LogP contribution in [0.5, 0.6) is 17.2 Å². The van der Waals surface area contributed by atoms with Crippen molar-refractivity contribution in [3.63, 3.8) is 0 Å². The first kappa shape index (κ1) is 25.7. The summed E-state index contributed by atoms with van der Waals surface area (Å²) in [6.45, 7) is 9.70. The van der Waals surface area contributed by atoms with Crippen LogP contribution in [0.1, 0.15) is 73.7 Å². The SMILES string of the molecule is CCCc1c(OCCCOc2ccc(C(=O)OC(C)(C)C)cc2Br)ccc(C(C)=O)c1O. The molecule has 0 unspecified atom stereocenters. The zero-order valence-corrected chi connectivity index (χ0v) is 20.9. The zero-order valence-electron chi connectivity index (χ0n) is 19.3. The van der Waals surface area contributed by atoms with E-state index in [9.17, 15) is 14.7 Å². The van der Waals surface area contributed by atoms with Crippen LogP contribution >= 0.6 is 15.9 Å². The van der Waals surface area contributed by atoms with E-state index >= 15 is 0 Å². The van der Waals surface area contributed by atoms with Crippen LogP contribution in [-0.2, 0) is 11.2 Å². The number of benzene rings is 2. The van der Waals surface area contributed by atoms with Crippen molar-refractivity contribution in [3.8, 4) is 17.2 Å². The minimum atomic E-state index is -0.557. The molecule has 0 aliphatic heterocycles. The topological polar surface area (TPSA) is 82.1 Å². The first-order valence-electron chi connectivity index (χ1n) is 10.7. The van der Waals surface area contributed by atoms with Gasteiger partial charge in [-0.2, -0.15) is 0 Å². The second kappa shape index (κ2) is 11.4. The molecule has 0 amide bonds. The first-order valence-corrected chi connectivity index (χ1v) is 11.5. The molecule has 1 N–H and O–H groups in total. The number of phenolic OH excluding ortho intramolecular Hbond substituents is 1. The third-order valence-corrected chi connectivity index (χ3v) is 5.11. The van der Waals surface area contributed by atoms with Gasteiger partial charge in [0.2, 0.25) is 0 Å². The molecule has 0 fully saturated rings. The maximum absolute atomic E-state index is 12.2. The lowest BCUT2D eigenvalue weighted by molar-refractivity contribution is 0.00693. The number of hydrogen-bond donors (Lipinski definition) is 1. The molecule has 32 heavy (non-hydrogen) atoms. The summed E-state index contributed by atoms with van der Waals surface area (Å²) < 4.78 is 17.7. The van der Waals surface area contributed by atoms with Crippen molar-refractivity contribution >= 4 is 27.7 Å².